The number of benzene rings is 1. The number of fused-ring (bicyclic) bond motifs is 1. The van der Waals surface area contributed by atoms with E-state index in [1.807, 2.05) is 51.1 Å². The molecule has 0 saturated heterocycles. The summed E-state index contributed by atoms with van der Waals surface area (Å²) in [6.45, 7) is 5.99. The van der Waals surface area contributed by atoms with Gasteiger partial charge >= 0.3 is 11.8 Å². The molecule has 0 spiro atoms. The zero-order valence-corrected chi connectivity index (χ0v) is 17.0. The lowest BCUT2D eigenvalue weighted by molar-refractivity contribution is -0.136. The molecule has 0 aliphatic carbocycles. The summed E-state index contributed by atoms with van der Waals surface area (Å²) in [5.74, 6) is -1.69. The largest absolute Gasteiger partial charge is 0.347 e. The van der Waals surface area contributed by atoms with Gasteiger partial charge in [-0.05, 0) is 32.8 Å². The Hall–Kier alpha value is -2.68. The number of carbonyl (C=O) groups is 2. The smallest absolute Gasteiger partial charge is 0.314 e. The van der Waals surface area contributed by atoms with Crippen molar-refractivity contribution in [2.75, 3.05) is 11.9 Å². The van der Waals surface area contributed by atoms with Gasteiger partial charge in [-0.15, -0.1) is 0 Å². The van der Waals surface area contributed by atoms with Crippen molar-refractivity contribution in [2.45, 2.75) is 44.2 Å². The topological polar surface area (TPSA) is 110 Å². The molecule has 1 aliphatic rings. The van der Waals surface area contributed by atoms with Crippen molar-refractivity contribution in [3.05, 3.63) is 47.2 Å². The van der Waals surface area contributed by atoms with Gasteiger partial charge in [-0.3, -0.25) is 9.59 Å². The maximum absolute atomic E-state index is 12.4. The van der Waals surface area contributed by atoms with E-state index in [0.717, 1.165) is 5.56 Å². The maximum atomic E-state index is 12.4. The third-order valence-electron chi connectivity index (χ3n) is 4.40. The quantitative estimate of drug-likeness (QED) is 0.748. The Bertz CT molecular complexity index is 1000. The van der Waals surface area contributed by atoms with Gasteiger partial charge in [0.1, 0.15) is 5.82 Å². The Balaban J connectivity index is 1.70. The van der Waals surface area contributed by atoms with Crippen molar-refractivity contribution in [3.8, 4) is 0 Å². The van der Waals surface area contributed by atoms with Crippen LogP contribution in [0.3, 0.4) is 0 Å². The number of amides is 2. The van der Waals surface area contributed by atoms with E-state index in [4.69, 9.17) is 0 Å². The van der Waals surface area contributed by atoms with E-state index in [0.29, 0.717) is 24.2 Å². The second-order valence-corrected chi connectivity index (χ2v) is 9.90. The van der Waals surface area contributed by atoms with Crippen molar-refractivity contribution in [1.82, 2.24) is 15.1 Å². The second kappa shape index (κ2) is 7.38. The number of nitrogens with zero attached hydrogens (tertiary/aromatic N) is 2. The van der Waals surface area contributed by atoms with Gasteiger partial charge in [0.25, 0.3) is 0 Å². The van der Waals surface area contributed by atoms with Crippen LogP contribution in [0.25, 0.3) is 0 Å². The lowest BCUT2D eigenvalue weighted by Crippen LogP contribution is -2.38. The van der Waals surface area contributed by atoms with E-state index < -0.39 is 27.2 Å². The summed E-state index contributed by atoms with van der Waals surface area (Å²) in [4.78, 5) is 24.6. The highest BCUT2D eigenvalue weighted by Crippen LogP contribution is 2.34. The lowest BCUT2D eigenvalue weighted by atomic mass is 10.1. The number of nitrogens with one attached hydrogen (secondary N) is 2. The third kappa shape index (κ3) is 4.41. The van der Waals surface area contributed by atoms with Gasteiger partial charge < -0.3 is 10.6 Å². The highest BCUT2D eigenvalue weighted by molar-refractivity contribution is 7.90. The Morgan fingerprint density at radius 3 is 2.43 bits per heavy atom. The van der Waals surface area contributed by atoms with Gasteiger partial charge in [-0.1, -0.05) is 30.3 Å². The van der Waals surface area contributed by atoms with Crippen LogP contribution in [-0.2, 0) is 42.9 Å². The minimum Gasteiger partial charge on any atom is -0.347 e. The van der Waals surface area contributed by atoms with Crippen LogP contribution in [-0.4, -0.2) is 36.6 Å². The van der Waals surface area contributed by atoms with E-state index in [2.05, 4.69) is 15.7 Å². The normalized spacial score (nSPS) is 15.1. The van der Waals surface area contributed by atoms with Gasteiger partial charge in [-0.2, -0.15) is 5.10 Å². The molecule has 2 amide bonds. The van der Waals surface area contributed by atoms with Crippen molar-refractivity contribution in [2.24, 2.45) is 0 Å². The van der Waals surface area contributed by atoms with Crippen molar-refractivity contribution in [3.63, 3.8) is 0 Å². The molecule has 9 heteroatoms. The van der Waals surface area contributed by atoms with Crippen LogP contribution in [0.4, 0.5) is 5.82 Å². The highest BCUT2D eigenvalue weighted by atomic mass is 32.2. The number of hydrogen-bond donors (Lipinski definition) is 2. The zero-order valence-electron chi connectivity index (χ0n) is 16.2. The molecule has 3 rings (SSSR count). The first kappa shape index (κ1) is 20.1. The van der Waals surface area contributed by atoms with Crippen molar-refractivity contribution >= 4 is 27.5 Å². The van der Waals surface area contributed by atoms with Crippen LogP contribution < -0.4 is 10.6 Å². The fraction of sp³-hybridized carbons (Fsp3) is 0.421. The lowest BCUT2D eigenvalue weighted by Gasteiger charge is -2.23. The maximum Gasteiger partial charge on any atom is 0.314 e. The minimum atomic E-state index is -3.28. The zero-order chi connectivity index (χ0) is 20.5. The van der Waals surface area contributed by atoms with Crippen LogP contribution >= 0.6 is 0 Å². The molecule has 1 aliphatic heterocycles. The summed E-state index contributed by atoms with van der Waals surface area (Å²) < 4.78 is 25.4. The Morgan fingerprint density at radius 2 is 1.79 bits per heavy atom. The molecule has 28 heavy (non-hydrogen) atoms. The molecule has 0 radical (unpaired) electrons. The number of hydrogen-bond acceptors (Lipinski definition) is 5. The Morgan fingerprint density at radius 1 is 1.11 bits per heavy atom. The predicted octanol–water partition coefficient (Wildman–Crippen LogP) is 1.36. The number of sulfone groups is 1. The first-order chi connectivity index (χ1) is 13.1. The molecule has 1 aromatic heterocycles. The fourth-order valence-corrected chi connectivity index (χ4v) is 4.56. The minimum absolute atomic E-state index is 0.155. The molecule has 1 aromatic carbocycles. The van der Waals surface area contributed by atoms with E-state index in [1.54, 1.807) is 4.68 Å². The second-order valence-electron chi connectivity index (χ2n) is 7.83. The Kier molecular flexibility index (Phi) is 5.29. The van der Waals surface area contributed by atoms with Gasteiger partial charge in [0, 0.05) is 12.1 Å². The molecular weight excluding hydrogens is 380 g/mol. The highest BCUT2D eigenvalue weighted by Gasteiger charge is 2.35. The van der Waals surface area contributed by atoms with Crippen molar-refractivity contribution in [1.29, 1.82) is 0 Å². The van der Waals surface area contributed by atoms with Crippen LogP contribution in [0.15, 0.2) is 30.3 Å². The van der Waals surface area contributed by atoms with Crippen LogP contribution in [0, 0.1) is 0 Å². The van der Waals surface area contributed by atoms with Crippen LogP contribution in [0.1, 0.15) is 37.6 Å². The molecule has 0 saturated carbocycles. The van der Waals surface area contributed by atoms with Crippen LogP contribution in [0.5, 0.6) is 0 Å². The molecule has 2 N–H and O–H groups in total. The van der Waals surface area contributed by atoms with E-state index in [-0.39, 0.29) is 17.3 Å². The van der Waals surface area contributed by atoms with Crippen molar-refractivity contribution < 1.29 is 18.0 Å². The number of anilines is 1. The summed E-state index contributed by atoms with van der Waals surface area (Å²) in [7, 11) is -3.28. The van der Waals surface area contributed by atoms with E-state index in [9.17, 15) is 18.0 Å². The third-order valence-corrected chi connectivity index (χ3v) is 5.84. The SMILES string of the molecule is CC(C)(C)n1nc2c(c1NC(=O)C(=O)NCCc1ccccc1)CS(=O)(=O)C2. The van der Waals surface area contributed by atoms with Gasteiger partial charge in [0.05, 0.1) is 22.7 Å². The molecular formula is C19H24N4O4S. The standard InChI is InChI=1S/C19H24N4O4S/c1-19(2,3)23-16(14-11-28(26,27)12-15(14)22-23)21-18(25)17(24)20-10-9-13-7-5-4-6-8-13/h4-8H,9-12H2,1-3H3,(H,20,24)(H,21,25). The summed E-state index contributed by atoms with van der Waals surface area (Å²) in [5, 5.41) is 9.52. The molecule has 0 atom stereocenters. The number of carbonyl (C=O) groups excluding carboxylic acids is 2. The fourth-order valence-electron chi connectivity index (χ4n) is 3.07. The summed E-state index contributed by atoms with van der Waals surface area (Å²) in [6.07, 6.45) is 0.605. The summed E-state index contributed by atoms with van der Waals surface area (Å²) in [5.41, 5.74) is 1.45. The molecule has 0 fully saturated rings. The van der Waals surface area contributed by atoms with Gasteiger partial charge in [0.15, 0.2) is 9.84 Å². The predicted molar refractivity (Wildman–Crippen MR) is 105 cm³/mol. The molecule has 0 bridgehead atoms. The van der Waals surface area contributed by atoms with E-state index in [1.165, 1.54) is 0 Å². The molecule has 150 valence electrons. The number of rotatable bonds is 4. The Labute approximate surface area is 164 Å². The average molecular weight is 404 g/mol. The molecule has 8 nitrogen and oxygen atoms in total. The monoisotopic (exact) mass is 404 g/mol. The average Bonchev–Trinajstić information content (AvgIpc) is 3.08. The van der Waals surface area contributed by atoms with Gasteiger partial charge in [0.2, 0.25) is 0 Å². The van der Waals surface area contributed by atoms with Crippen LogP contribution in [0.2, 0.25) is 0 Å². The molecule has 0 unspecified atom stereocenters. The summed E-state index contributed by atoms with van der Waals surface area (Å²) in [6, 6.07) is 9.61. The first-order valence-electron chi connectivity index (χ1n) is 9.01. The van der Waals surface area contributed by atoms with E-state index >= 15 is 0 Å². The summed E-state index contributed by atoms with van der Waals surface area (Å²) >= 11 is 0. The number of aromatic nitrogens is 2. The first-order valence-corrected chi connectivity index (χ1v) is 10.8. The molecule has 2 heterocycles. The van der Waals surface area contributed by atoms with Gasteiger partial charge in [-0.25, -0.2) is 13.1 Å². The molecule has 2 aromatic rings.